The first-order valence-corrected chi connectivity index (χ1v) is 9.44. The van der Waals surface area contributed by atoms with Crippen LogP contribution in [0.15, 0.2) is 33.9 Å². The molecule has 3 rings (SSSR count). The topological polar surface area (TPSA) is 73.1 Å². The number of para-hydroxylation sites is 1. The van der Waals surface area contributed by atoms with Crippen molar-refractivity contribution in [3.8, 4) is 0 Å². The molecule has 1 aliphatic heterocycles. The molecule has 2 aromatic rings. The van der Waals surface area contributed by atoms with Gasteiger partial charge < -0.3 is 5.32 Å². The van der Waals surface area contributed by atoms with Gasteiger partial charge in [0.1, 0.15) is 6.54 Å². The SMILES string of the molecule is Cc1cc(=O)n(CC(=O)Nc2c(Cl)cccc2Cl)c(=O)n1C1CSC1. The van der Waals surface area contributed by atoms with E-state index in [0.717, 1.165) is 16.1 Å². The van der Waals surface area contributed by atoms with E-state index >= 15 is 0 Å². The Morgan fingerprint density at radius 1 is 1.28 bits per heavy atom. The number of carbonyl (C=O) groups is 1. The molecular weight excluding hydrogens is 385 g/mol. The van der Waals surface area contributed by atoms with Crippen molar-refractivity contribution in [3.63, 3.8) is 0 Å². The van der Waals surface area contributed by atoms with Gasteiger partial charge in [-0.15, -0.1) is 0 Å². The maximum absolute atomic E-state index is 12.7. The number of hydrogen-bond donors (Lipinski definition) is 1. The molecule has 0 aliphatic carbocycles. The summed E-state index contributed by atoms with van der Waals surface area (Å²) in [6.45, 7) is 1.32. The zero-order valence-electron chi connectivity index (χ0n) is 13.3. The number of halogens is 2. The van der Waals surface area contributed by atoms with Gasteiger partial charge in [-0.25, -0.2) is 4.79 Å². The quantitative estimate of drug-likeness (QED) is 0.856. The van der Waals surface area contributed by atoms with Crippen molar-refractivity contribution in [1.82, 2.24) is 9.13 Å². The lowest BCUT2D eigenvalue weighted by Crippen LogP contribution is -2.46. The van der Waals surface area contributed by atoms with Gasteiger partial charge in [-0.3, -0.25) is 18.7 Å². The Morgan fingerprint density at radius 3 is 2.48 bits per heavy atom. The molecular formula is C16H15Cl2N3O3S. The van der Waals surface area contributed by atoms with Crippen molar-refractivity contribution in [3.05, 3.63) is 60.8 Å². The molecule has 2 heterocycles. The van der Waals surface area contributed by atoms with Gasteiger partial charge in [0.05, 0.1) is 21.8 Å². The molecule has 0 atom stereocenters. The zero-order chi connectivity index (χ0) is 18.1. The van der Waals surface area contributed by atoms with E-state index in [0.29, 0.717) is 5.69 Å². The monoisotopic (exact) mass is 399 g/mol. The molecule has 1 aromatic carbocycles. The minimum atomic E-state index is -0.549. The number of nitrogens with zero attached hydrogens (tertiary/aromatic N) is 2. The van der Waals surface area contributed by atoms with E-state index < -0.39 is 23.7 Å². The van der Waals surface area contributed by atoms with E-state index in [1.807, 2.05) is 0 Å². The Kier molecular flexibility index (Phi) is 5.27. The highest BCUT2D eigenvalue weighted by atomic mass is 35.5. The fourth-order valence-corrected chi connectivity index (χ4v) is 3.84. The second kappa shape index (κ2) is 7.27. The van der Waals surface area contributed by atoms with Crippen LogP contribution in [0.4, 0.5) is 5.69 Å². The molecule has 25 heavy (non-hydrogen) atoms. The standard InChI is InChI=1S/C16H15Cl2N3O3S/c1-9-5-14(23)20(16(24)21(9)10-7-25-8-10)6-13(22)19-15-11(17)3-2-4-12(15)18/h2-5,10H,6-8H2,1H3,(H,19,22). The molecule has 0 spiro atoms. The molecule has 1 saturated heterocycles. The van der Waals surface area contributed by atoms with Crippen molar-refractivity contribution in [2.45, 2.75) is 19.5 Å². The number of aryl methyl sites for hydroxylation is 1. The van der Waals surface area contributed by atoms with Crippen molar-refractivity contribution < 1.29 is 4.79 Å². The number of carbonyl (C=O) groups excluding carboxylic acids is 1. The van der Waals surface area contributed by atoms with Gasteiger partial charge in [0.2, 0.25) is 5.91 Å². The largest absolute Gasteiger partial charge is 0.331 e. The van der Waals surface area contributed by atoms with Crippen molar-refractivity contribution in [2.75, 3.05) is 16.8 Å². The van der Waals surface area contributed by atoms with E-state index in [4.69, 9.17) is 23.2 Å². The number of benzene rings is 1. The summed E-state index contributed by atoms with van der Waals surface area (Å²) in [4.78, 5) is 37.1. The van der Waals surface area contributed by atoms with E-state index in [2.05, 4.69) is 5.32 Å². The van der Waals surface area contributed by atoms with E-state index in [9.17, 15) is 14.4 Å². The van der Waals surface area contributed by atoms with Gasteiger partial charge in [-0.2, -0.15) is 11.8 Å². The number of aromatic nitrogens is 2. The fraction of sp³-hybridized carbons (Fsp3) is 0.312. The minimum absolute atomic E-state index is 0.0606. The summed E-state index contributed by atoms with van der Waals surface area (Å²) in [5.41, 5.74) is -0.125. The predicted molar refractivity (Wildman–Crippen MR) is 101 cm³/mol. The Labute approximate surface area is 157 Å². The van der Waals surface area contributed by atoms with Crippen molar-refractivity contribution >= 4 is 46.6 Å². The third-order valence-electron chi connectivity index (χ3n) is 3.93. The van der Waals surface area contributed by atoms with Crippen LogP contribution in [0.25, 0.3) is 0 Å². The van der Waals surface area contributed by atoms with Gasteiger partial charge in [0.25, 0.3) is 5.56 Å². The average molecular weight is 400 g/mol. The minimum Gasteiger partial charge on any atom is -0.322 e. The van der Waals surface area contributed by atoms with Crippen LogP contribution in [0, 0.1) is 6.92 Å². The summed E-state index contributed by atoms with van der Waals surface area (Å²) in [5, 5.41) is 3.12. The molecule has 9 heteroatoms. The zero-order valence-corrected chi connectivity index (χ0v) is 15.6. The van der Waals surface area contributed by atoms with Gasteiger partial charge in [0, 0.05) is 23.3 Å². The van der Waals surface area contributed by atoms with Crippen LogP contribution >= 0.6 is 35.0 Å². The Morgan fingerprint density at radius 2 is 1.92 bits per heavy atom. The average Bonchev–Trinajstić information content (AvgIpc) is 2.50. The van der Waals surface area contributed by atoms with Gasteiger partial charge in [-0.1, -0.05) is 29.3 Å². The van der Waals surface area contributed by atoms with E-state index in [-0.39, 0.29) is 21.8 Å². The number of amides is 1. The van der Waals surface area contributed by atoms with Crippen LogP contribution in [-0.4, -0.2) is 26.5 Å². The highest BCUT2D eigenvalue weighted by molar-refractivity contribution is 8.00. The number of thioether (sulfide) groups is 1. The summed E-state index contributed by atoms with van der Waals surface area (Å²) in [7, 11) is 0. The second-order valence-corrected chi connectivity index (χ2v) is 7.59. The third kappa shape index (κ3) is 3.63. The van der Waals surface area contributed by atoms with Crippen LogP contribution in [0.1, 0.15) is 11.7 Å². The summed E-state index contributed by atoms with van der Waals surface area (Å²) in [6.07, 6.45) is 0. The summed E-state index contributed by atoms with van der Waals surface area (Å²) in [5.74, 6) is 1.09. The van der Waals surface area contributed by atoms with Crippen molar-refractivity contribution in [1.29, 1.82) is 0 Å². The number of rotatable bonds is 4. The number of anilines is 1. The smallest absolute Gasteiger partial charge is 0.322 e. The third-order valence-corrected chi connectivity index (χ3v) is 5.80. The van der Waals surface area contributed by atoms with E-state index in [1.165, 1.54) is 6.07 Å². The Balaban J connectivity index is 1.89. The molecule has 0 saturated carbocycles. The van der Waals surface area contributed by atoms with Crippen LogP contribution < -0.4 is 16.6 Å². The highest BCUT2D eigenvalue weighted by Gasteiger charge is 2.24. The molecule has 0 bridgehead atoms. The maximum Gasteiger partial charge on any atom is 0.331 e. The molecule has 1 fully saturated rings. The van der Waals surface area contributed by atoms with Gasteiger partial charge in [-0.05, 0) is 19.1 Å². The molecule has 6 nitrogen and oxygen atoms in total. The maximum atomic E-state index is 12.7. The Bertz CT molecular complexity index is 930. The first-order valence-electron chi connectivity index (χ1n) is 7.53. The van der Waals surface area contributed by atoms with Gasteiger partial charge in [0.15, 0.2) is 0 Å². The van der Waals surface area contributed by atoms with Gasteiger partial charge >= 0.3 is 5.69 Å². The number of nitrogens with one attached hydrogen (secondary N) is 1. The fourth-order valence-electron chi connectivity index (χ4n) is 2.60. The van der Waals surface area contributed by atoms with Crippen LogP contribution in [-0.2, 0) is 11.3 Å². The normalized spacial score (nSPS) is 14.2. The molecule has 0 radical (unpaired) electrons. The summed E-state index contributed by atoms with van der Waals surface area (Å²) in [6, 6.07) is 6.26. The number of hydrogen-bond acceptors (Lipinski definition) is 4. The van der Waals surface area contributed by atoms with E-state index in [1.54, 1.807) is 41.5 Å². The van der Waals surface area contributed by atoms with Crippen LogP contribution in [0.2, 0.25) is 10.0 Å². The molecule has 0 unspecified atom stereocenters. The predicted octanol–water partition coefficient (Wildman–Crippen LogP) is 2.55. The molecule has 132 valence electrons. The molecule has 1 N–H and O–H groups in total. The molecule has 1 aromatic heterocycles. The first kappa shape index (κ1) is 18.1. The van der Waals surface area contributed by atoms with Crippen LogP contribution in [0.5, 0.6) is 0 Å². The lowest BCUT2D eigenvalue weighted by Gasteiger charge is -2.29. The van der Waals surface area contributed by atoms with Crippen molar-refractivity contribution in [2.24, 2.45) is 0 Å². The molecule has 1 amide bonds. The summed E-state index contributed by atoms with van der Waals surface area (Å²) < 4.78 is 2.50. The summed E-state index contributed by atoms with van der Waals surface area (Å²) >= 11 is 13.8. The first-order chi connectivity index (χ1) is 11.9. The highest BCUT2D eigenvalue weighted by Crippen LogP contribution is 2.30. The molecule has 1 aliphatic rings. The lowest BCUT2D eigenvalue weighted by atomic mass is 10.3. The second-order valence-electron chi connectivity index (χ2n) is 5.70. The lowest BCUT2D eigenvalue weighted by molar-refractivity contribution is -0.116. The van der Waals surface area contributed by atoms with Crippen LogP contribution in [0.3, 0.4) is 0 Å². The Hall–Kier alpha value is -1.70.